The summed E-state index contributed by atoms with van der Waals surface area (Å²) < 4.78 is 22.3. The van der Waals surface area contributed by atoms with E-state index >= 15 is 0 Å². The van der Waals surface area contributed by atoms with Gasteiger partial charge in [0.05, 0.1) is 0 Å². The minimum absolute atomic E-state index is 0. The number of rotatable bonds is 2. The molecule has 0 aromatic heterocycles. The Morgan fingerprint density at radius 1 is 1.36 bits per heavy atom. The van der Waals surface area contributed by atoms with Crippen LogP contribution in [0.5, 0.6) is 0 Å². The molecule has 0 radical (unpaired) electrons. The van der Waals surface area contributed by atoms with E-state index in [1.54, 1.807) is 0 Å². The number of phosphoric acid groups is 1. The third-order valence-corrected chi connectivity index (χ3v) is 1.77. The molecule has 0 fully saturated rings. The van der Waals surface area contributed by atoms with E-state index in [0.29, 0.717) is 0 Å². The molecule has 1 atom stereocenters. The van der Waals surface area contributed by atoms with Crippen LogP contribution >= 0.6 is 16.1 Å². The fraction of sp³-hybridized carbons (Fsp3) is 0. The second-order valence-electron chi connectivity index (χ2n) is 0.848. The average Bonchev–Trinajstić information content (AvgIpc) is 1.21. The molecule has 0 bridgehead atoms. The molecule has 0 amide bonds. The SMILES string of the molecule is O=[PH](O)OP(=O)(O)O.[H+].[KH].[NaH].[NaH]. The first-order chi connectivity index (χ1) is 3.42. The van der Waals surface area contributed by atoms with Gasteiger partial charge in [-0.3, -0.25) is 4.57 Å². The standard InChI is InChI=1S/K.2Na.H4O6P2.3H/c;;;1-7(2)6-8(3,4)5;;;/h;;;7H,(H,1,2)(H2,3,4,5);;;/p+1. The van der Waals surface area contributed by atoms with Crippen LogP contribution in [0, 0.1) is 0 Å². The molecule has 0 aliphatic heterocycles. The molecular formula is H8KNa2O6P2+. The summed E-state index contributed by atoms with van der Waals surface area (Å²) in [4.78, 5) is 23.2. The van der Waals surface area contributed by atoms with Gasteiger partial charge in [-0.1, -0.05) is 0 Å². The summed E-state index contributed by atoms with van der Waals surface area (Å²) in [5.41, 5.74) is 0. The molecule has 0 aromatic carbocycles. The van der Waals surface area contributed by atoms with Gasteiger partial charge < -0.3 is 14.7 Å². The number of hydrogen-bond donors (Lipinski definition) is 3. The van der Waals surface area contributed by atoms with Crippen molar-refractivity contribution in [2.45, 2.75) is 0 Å². The van der Waals surface area contributed by atoms with Gasteiger partial charge in [-0.15, -0.1) is 0 Å². The normalized spacial score (nSPS) is 11.5. The van der Waals surface area contributed by atoms with Crippen LogP contribution in [0.1, 0.15) is 1.43 Å². The molecule has 6 nitrogen and oxygen atoms in total. The molecule has 56 valence electrons. The molecule has 0 saturated heterocycles. The Bertz CT molecular complexity index is 146. The summed E-state index contributed by atoms with van der Waals surface area (Å²) in [6, 6.07) is 0. The summed E-state index contributed by atoms with van der Waals surface area (Å²) in [6.07, 6.45) is 0. The molecular weight excluding hydrogens is 243 g/mol. The summed E-state index contributed by atoms with van der Waals surface area (Å²) in [5.74, 6) is 0. The van der Waals surface area contributed by atoms with Crippen molar-refractivity contribution < 1.29 is 29.5 Å². The Morgan fingerprint density at radius 3 is 1.64 bits per heavy atom. The zero-order chi connectivity index (χ0) is 6.78. The Balaban J connectivity index is -0.0000000408. The third-order valence-electron chi connectivity index (χ3n) is 0.197. The molecule has 0 aromatic rings. The molecule has 0 aliphatic carbocycles. The van der Waals surface area contributed by atoms with E-state index < -0.39 is 16.1 Å². The Labute approximate surface area is 153 Å². The van der Waals surface area contributed by atoms with Crippen LogP contribution in [-0.4, -0.2) is 125 Å². The molecule has 0 heterocycles. The van der Waals surface area contributed by atoms with Crippen molar-refractivity contribution in [2.75, 3.05) is 0 Å². The zero-order valence-corrected chi connectivity index (χ0v) is 5.41. The van der Waals surface area contributed by atoms with Crippen LogP contribution in [0.25, 0.3) is 0 Å². The van der Waals surface area contributed by atoms with Crippen molar-refractivity contribution in [3.8, 4) is 0 Å². The predicted molar refractivity (Wildman–Crippen MR) is 46.9 cm³/mol. The fourth-order valence-corrected chi connectivity index (χ4v) is 0.916. The molecule has 0 saturated carbocycles. The molecule has 11 heavy (non-hydrogen) atoms. The van der Waals surface area contributed by atoms with Gasteiger partial charge in [-0.2, -0.15) is 0 Å². The van der Waals surface area contributed by atoms with Crippen molar-refractivity contribution in [3.63, 3.8) is 0 Å². The van der Waals surface area contributed by atoms with E-state index in [1.165, 1.54) is 0 Å². The average molecular weight is 251 g/mol. The van der Waals surface area contributed by atoms with Crippen LogP contribution in [0.2, 0.25) is 0 Å². The van der Waals surface area contributed by atoms with Gasteiger partial charge in [-0.05, 0) is 0 Å². The van der Waals surface area contributed by atoms with Gasteiger partial charge in [0.25, 0.3) is 0 Å². The summed E-state index contributed by atoms with van der Waals surface area (Å²) in [6.45, 7) is 0. The van der Waals surface area contributed by atoms with Crippen molar-refractivity contribution in [2.24, 2.45) is 0 Å². The fourth-order valence-electron chi connectivity index (χ4n) is 0.102. The number of hydrogen-bond acceptors (Lipinski definition) is 3. The van der Waals surface area contributed by atoms with Crippen LogP contribution in [-0.2, 0) is 13.4 Å². The molecule has 3 N–H and O–H groups in total. The molecule has 0 spiro atoms. The summed E-state index contributed by atoms with van der Waals surface area (Å²) >= 11 is 0. The second kappa shape index (κ2) is 12.0. The van der Waals surface area contributed by atoms with Crippen molar-refractivity contribution in [3.05, 3.63) is 0 Å². The molecule has 0 aliphatic rings. The summed E-state index contributed by atoms with van der Waals surface area (Å²) in [5, 5.41) is 0. The maximum atomic E-state index is 9.58. The van der Waals surface area contributed by atoms with E-state index in [4.69, 9.17) is 14.7 Å². The van der Waals surface area contributed by atoms with Crippen molar-refractivity contribution >= 4 is 127 Å². The Kier molecular flexibility index (Phi) is 26.5. The predicted octanol–water partition coefficient (Wildman–Crippen LogP) is -2.36. The monoisotopic (exact) mass is 251 g/mol. The van der Waals surface area contributed by atoms with Crippen molar-refractivity contribution in [1.82, 2.24) is 0 Å². The van der Waals surface area contributed by atoms with Crippen LogP contribution in [0.15, 0.2) is 0 Å². The van der Waals surface area contributed by atoms with E-state index in [0.717, 1.165) is 0 Å². The third kappa shape index (κ3) is 24.9. The van der Waals surface area contributed by atoms with Crippen LogP contribution < -0.4 is 0 Å². The maximum absolute atomic E-state index is 9.58. The van der Waals surface area contributed by atoms with Gasteiger partial charge in [0, 0.05) is 0 Å². The first-order valence-electron chi connectivity index (χ1n) is 1.40. The van der Waals surface area contributed by atoms with Gasteiger partial charge in [0.15, 0.2) is 0 Å². The van der Waals surface area contributed by atoms with Crippen LogP contribution in [0.4, 0.5) is 0 Å². The first kappa shape index (κ1) is 24.3. The van der Waals surface area contributed by atoms with E-state index in [2.05, 4.69) is 4.31 Å². The molecule has 11 heteroatoms. The Hall–Kier alpha value is 3.94. The first-order valence-corrected chi connectivity index (χ1v) is 4.19. The second-order valence-corrected chi connectivity index (χ2v) is 3.09. The Morgan fingerprint density at radius 2 is 1.64 bits per heavy atom. The van der Waals surface area contributed by atoms with Gasteiger partial charge in [0.1, 0.15) is 0 Å². The van der Waals surface area contributed by atoms with Crippen LogP contribution in [0.3, 0.4) is 0 Å². The van der Waals surface area contributed by atoms with Gasteiger partial charge in [-0.25, -0.2) is 8.88 Å². The van der Waals surface area contributed by atoms with E-state index in [1.807, 2.05) is 0 Å². The van der Waals surface area contributed by atoms with E-state index in [9.17, 15) is 9.13 Å². The molecule has 1 unspecified atom stereocenters. The quantitative estimate of drug-likeness (QED) is 0.375. The minimum atomic E-state index is -4.74. The summed E-state index contributed by atoms with van der Waals surface area (Å²) in [7, 11) is -8.24. The van der Waals surface area contributed by atoms with Gasteiger partial charge in [0.2, 0.25) is 0 Å². The van der Waals surface area contributed by atoms with E-state index in [-0.39, 0.29) is 112 Å². The van der Waals surface area contributed by atoms with Crippen molar-refractivity contribution in [1.29, 1.82) is 0 Å². The zero-order valence-electron chi connectivity index (χ0n) is 4.51. The molecule has 0 rings (SSSR count). The van der Waals surface area contributed by atoms with Gasteiger partial charge >= 0.3 is 128 Å². The topological polar surface area (TPSA) is 104 Å².